The number of imidazole rings is 1. The fourth-order valence-electron chi connectivity index (χ4n) is 3.74. The summed E-state index contributed by atoms with van der Waals surface area (Å²) >= 11 is 12.0. The van der Waals surface area contributed by atoms with E-state index in [9.17, 15) is 24.3 Å². The molecule has 34 heavy (non-hydrogen) atoms. The van der Waals surface area contributed by atoms with Crippen molar-refractivity contribution < 1.29 is 43.2 Å². The van der Waals surface area contributed by atoms with Crippen LogP contribution in [0.15, 0.2) is 6.33 Å². The SMILES string of the molecule is CC(=O)OCC1OC(n2cnc3c(Cl)nc(Cl)nc32)C(OC(C)=O)C(CC(=O)O)C1OC(C)=O. The number of carboxylic acid groups (broad SMARTS) is 1. The van der Waals surface area contributed by atoms with Crippen molar-refractivity contribution in [3.05, 3.63) is 16.8 Å². The Balaban J connectivity index is 2.16. The predicted molar refractivity (Wildman–Crippen MR) is 113 cm³/mol. The molecule has 13 nitrogen and oxygen atoms in total. The maximum atomic E-state index is 12.0. The molecule has 3 rings (SSSR count). The number of hydrogen-bond donors (Lipinski definition) is 1. The molecule has 1 aliphatic heterocycles. The number of nitrogens with zero attached hydrogens (tertiary/aromatic N) is 4. The summed E-state index contributed by atoms with van der Waals surface area (Å²) in [5, 5.41) is 9.30. The molecule has 1 aliphatic rings. The van der Waals surface area contributed by atoms with Gasteiger partial charge in [-0.05, 0) is 11.6 Å². The molecule has 0 bridgehead atoms. The quantitative estimate of drug-likeness (QED) is 0.243. The number of carbonyl (C=O) groups excluding carboxylic acids is 3. The van der Waals surface area contributed by atoms with Gasteiger partial charge in [-0.15, -0.1) is 0 Å². The van der Waals surface area contributed by atoms with Gasteiger partial charge in [0.1, 0.15) is 24.3 Å². The van der Waals surface area contributed by atoms with Gasteiger partial charge >= 0.3 is 23.9 Å². The smallest absolute Gasteiger partial charge is 0.303 e. The van der Waals surface area contributed by atoms with E-state index in [1.165, 1.54) is 17.8 Å². The lowest BCUT2D eigenvalue weighted by Crippen LogP contribution is -2.56. The number of ether oxygens (including phenoxy) is 4. The van der Waals surface area contributed by atoms with Crippen LogP contribution in [0.25, 0.3) is 11.2 Å². The summed E-state index contributed by atoms with van der Waals surface area (Å²) in [6.45, 7) is 3.04. The van der Waals surface area contributed by atoms with Crippen LogP contribution in [0, 0.1) is 5.92 Å². The monoisotopic (exact) mass is 518 g/mol. The van der Waals surface area contributed by atoms with Gasteiger partial charge in [0.15, 0.2) is 23.1 Å². The summed E-state index contributed by atoms with van der Waals surface area (Å²) in [5.74, 6) is -4.48. The largest absolute Gasteiger partial charge is 0.481 e. The average Bonchev–Trinajstić information content (AvgIpc) is 3.12. The molecule has 1 saturated heterocycles. The first-order chi connectivity index (χ1) is 16.0. The number of carboxylic acids is 1. The third-order valence-electron chi connectivity index (χ3n) is 4.90. The Bertz CT molecular complexity index is 1120. The van der Waals surface area contributed by atoms with Crippen molar-refractivity contribution in [1.82, 2.24) is 19.5 Å². The van der Waals surface area contributed by atoms with Gasteiger partial charge in [-0.1, -0.05) is 11.6 Å². The molecule has 1 fully saturated rings. The fourth-order valence-corrected chi connectivity index (χ4v) is 4.16. The number of aliphatic carboxylic acids is 1. The highest BCUT2D eigenvalue weighted by molar-refractivity contribution is 6.35. The molecule has 2 aromatic rings. The minimum absolute atomic E-state index is 0.0510. The van der Waals surface area contributed by atoms with E-state index in [1.54, 1.807) is 0 Å². The molecule has 2 aromatic heterocycles. The topological polar surface area (TPSA) is 169 Å². The summed E-state index contributed by atoms with van der Waals surface area (Å²) < 4.78 is 23.2. The van der Waals surface area contributed by atoms with E-state index in [-0.39, 0.29) is 28.2 Å². The average molecular weight is 519 g/mol. The number of esters is 3. The van der Waals surface area contributed by atoms with Gasteiger partial charge in [0.2, 0.25) is 5.28 Å². The van der Waals surface area contributed by atoms with E-state index >= 15 is 0 Å². The Morgan fingerprint density at radius 2 is 1.71 bits per heavy atom. The molecular weight excluding hydrogens is 499 g/mol. The maximum Gasteiger partial charge on any atom is 0.303 e. The Hall–Kier alpha value is -3.03. The van der Waals surface area contributed by atoms with E-state index in [0.29, 0.717) is 0 Å². The number of carbonyl (C=O) groups is 4. The summed E-state index contributed by atoms with van der Waals surface area (Å²) in [6, 6.07) is 0. The molecule has 5 unspecified atom stereocenters. The number of fused-ring (bicyclic) bond motifs is 1. The van der Waals surface area contributed by atoms with Crippen LogP contribution in [0.1, 0.15) is 33.4 Å². The molecule has 0 aromatic carbocycles. The summed E-state index contributed by atoms with van der Waals surface area (Å²) in [4.78, 5) is 59.0. The van der Waals surface area contributed by atoms with E-state index in [1.807, 2.05) is 0 Å². The Labute approximate surface area is 202 Å². The molecule has 5 atom stereocenters. The van der Waals surface area contributed by atoms with Gasteiger partial charge in [0.25, 0.3) is 0 Å². The van der Waals surface area contributed by atoms with Gasteiger partial charge in [-0.25, -0.2) is 9.97 Å². The zero-order valence-electron chi connectivity index (χ0n) is 18.1. The van der Waals surface area contributed by atoms with E-state index in [4.69, 9.17) is 42.1 Å². The van der Waals surface area contributed by atoms with Crippen molar-refractivity contribution in [3.8, 4) is 0 Å². The second-order valence-electron chi connectivity index (χ2n) is 7.38. The lowest BCUT2D eigenvalue weighted by Gasteiger charge is -2.45. The van der Waals surface area contributed by atoms with Gasteiger partial charge in [-0.3, -0.25) is 23.7 Å². The molecule has 1 N–H and O–H groups in total. The minimum atomic E-state index is -1.28. The van der Waals surface area contributed by atoms with Crippen LogP contribution in [0.2, 0.25) is 10.4 Å². The highest BCUT2D eigenvalue weighted by Gasteiger charge is 2.51. The first kappa shape index (κ1) is 25.6. The lowest BCUT2D eigenvalue weighted by atomic mass is 9.85. The van der Waals surface area contributed by atoms with Crippen molar-refractivity contribution in [3.63, 3.8) is 0 Å². The third kappa shape index (κ3) is 5.72. The fraction of sp³-hybridized carbons (Fsp3) is 0.526. The zero-order chi connectivity index (χ0) is 25.2. The first-order valence-corrected chi connectivity index (χ1v) is 10.6. The van der Waals surface area contributed by atoms with Crippen LogP contribution in [-0.2, 0) is 38.1 Å². The maximum absolute atomic E-state index is 12.0. The van der Waals surface area contributed by atoms with Crippen molar-refractivity contribution in [2.75, 3.05) is 6.61 Å². The van der Waals surface area contributed by atoms with Crippen LogP contribution in [-0.4, -0.2) is 73.4 Å². The van der Waals surface area contributed by atoms with Gasteiger partial charge < -0.3 is 24.1 Å². The van der Waals surface area contributed by atoms with Gasteiger partial charge in [-0.2, -0.15) is 4.98 Å². The van der Waals surface area contributed by atoms with Crippen molar-refractivity contribution in [2.24, 2.45) is 5.92 Å². The number of hydrogen-bond acceptors (Lipinski definition) is 11. The molecule has 0 saturated carbocycles. The van der Waals surface area contributed by atoms with Crippen LogP contribution in [0.3, 0.4) is 0 Å². The zero-order valence-corrected chi connectivity index (χ0v) is 19.6. The molecule has 15 heteroatoms. The molecule has 184 valence electrons. The van der Waals surface area contributed by atoms with Gasteiger partial charge in [0, 0.05) is 20.8 Å². The lowest BCUT2D eigenvalue weighted by molar-refractivity contribution is -0.250. The molecule has 3 heterocycles. The van der Waals surface area contributed by atoms with E-state index in [2.05, 4.69) is 15.0 Å². The first-order valence-electron chi connectivity index (χ1n) is 9.88. The standard InChI is InChI=1S/C19H20Cl2N4O9/c1-7(26)31-5-11-14(32-8(2)27)10(4-12(29)30)15(33-9(3)28)18(34-11)25-6-22-13-16(20)23-19(21)24-17(13)25/h6,10-11,14-15,18H,4-5H2,1-3H3,(H,29,30). The normalized spacial score (nSPS) is 24.4. The molecule has 0 spiro atoms. The third-order valence-corrected chi connectivity index (χ3v) is 5.33. The Kier molecular flexibility index (Phi) is 7.89. The highest BCUT2D eigenvalue weighted by atomic mass is 35.5. The highest BCUT2D eigenvalue weighted by Crippen LogP contribution is 2.40. The van der Waals surface area contributed by atoms with E-state index in [0.717, 1.165) is 13.8 Å². The number of halogens is 2. The van der Waals surface area contributed by atoms with Crippen molar-refractivity contribution in [2.45, 2.75) is 51.7 Å². The molecule has 0 aliphatic carbocycles. The summed E-state index contributed by atoms with van der Waals surface area (Å²) in [7, 11) is 0. The number of aromatic nitrogens is 4. The van der Waals surface area contributed by atoms with Crippen LogP contribution < -0.4 is 0 Å². The van der Waals surface area contributed by atoms with Crippen molar-refractivity contribution in [1.29, 1.82) is 0 Å². The second-order valence-corrected chi connectivity index (χ2v) is 8.08. The summed E-state index contributed by atoms with van der Waals surface area (Å²) in [6.07, 6.45) is -4.17. The Morgan fingerprint density at radius 1 is 1.06 bits per heavy atom. The molecule has 0 radical (unpaired) electrons. The number of rotatable bonds is 7. The molecular formula is C19H20Cl2N4O9. The van der Waals surface area contributed by atoms with Crippen LogP contribution in [0.5, 0.6) is 0 Å². The van der Waals surface area contributed by atoms with Crippen LogP contribution in [0.4, 0.5) is 0 Å². The second kappa shape index (κ2) is 10.5. The van der Waals surface area contributed by atoms with E-state index < -0.39 is 60.8 Å². The summed E-state index contributed by atoms with van der Waals surface area (Å²) in [5.41, 5.74) is 0.267. The molecule has 0 amide bonds. The van der Waals surface area contributed by atoms with Crippen LogP contribution >= 0.6 is 23.2 Å². The predicted octanol–water partition coefficient (Wildman–Crippen LogP) is 1.55. The Morgan fingerprint density at radius 3 is 2.29 bits per heavy atom. The minimum Gasteiger partial charge on any atom is -0.481 e. The van der Waals surface area contributed by atoms with Gasteiger partial charge in [0.05, 0.1) is 18.7 Å². The van der Waals surface area contributed by atoms with Crippen molar-refractivity contribution >= 4 is 58.2 Å².